The van der Waals surface area contributed by atoms with Crippen LogP contribution in [0.25, 0.3) is 0 Å². The largest absolute Gasteiger partial charge is 0.508 e. The molecule has 0 aliphatic carbocycles. The zero-order valence-corrected chi connectivity index (χ0v) is 15.1. The number of aliphatic hydroxyl groups excluding tert-OH is 1. The quantitative estimate of drug-likeness (QED) is 0.341. The van der Waals surface area contributed by atoms with Gasteiger partial charge < -0.3 is 30.3 Å². The maximum absolute atomic E-state index is 13.6. The summed E-state index contributed by atoms with van der Waals surface area (Å²) in [7, 11) is 0. The monoisotopic (exact) mass is 394 g/mol. The van der Waals surface area contributed by atoms with E-state index in [1.54, 1.807) is 30.3 Å². The standard InChI is InChI=1S/C22H18O7/c23-14-9-17(25)15-11-20(27)22(29-19(15)10-14,13-6-7-16(24)18(26)8-13)21(28)12-4-2-1-3-5-12/h1-10,20,23-27H,11H2/t20-,22?/m1/s1. The van der Waals surface area contributed by atoms with Crippen molar-refractivity contribution in [3.05, 3.63) is 77.4 Å². The second-order valence-electron chi connectivity index (χ2n) is 6.90. The van der Waals surface area contributed by atoms with Crippen LogP contribution in [-0.4, -0.2) is 37.4 Å². The summed E-state index contributed by atoms with van der Waals surface area (Å²) in [6, 6.07) is 14.3. The van der Waals surface area contributed by atoms with E-state index < -0.39 is 29.0 Å². The van der Waals surface area contributed by atoms with E-state index in [4.69, 9.17) is 4.74 Å². The number of ketones is 1. The number of fused-ring (bicyclic) bond motifs is 1. The van der Waals surface area contributed by atoms with Gasteiger partial charge in [-0.15, -0.1) is 0 Å². The van der Waals surface area contributed by atoms with E-state index in [1.807, 2.05) is 0 Å². The van der Waals surface area contributed by atoms with Crippen molar-refractivity contribution in [1.29, 1.82) is 0 Å². The van der Waals surface area contributed by atoms with Gasteiger partial charge in [0.2, 0.25) is 11.4 Å². The highest BCUT2D eigenvalue weighted by atomic mass is 16.5. The fourth-order valence-electron chi connectivity index (χ4n) is 3.63. The Morgan fingerprint density at radius 3 is 2.31 bits per heavy atom. The van der Waals surface area contributed by atoms with E-state index in [2.05, 4.69) is 0 Å². The van der Waals surface area contributed by atoms with E-state index in [-0.39, 0.29) is 40.4 Å². The Kier molecular flexibility index (Phi) is 4.32. The Balaban J connectivity index is 1.95. The average Bonchev–Trinajstić information content (AvgIpc) is 2.70. The number of Topliss-reactive ketones (excluding diaryl/α,β-unsaturated/α-hetero) is 1. The van der Waals surface area contributed by atoms with E-state index in [1.165, 1.54) is 18.2 Å². The van der Waals surface area contributed by atoms with Crippen molar-refractivity contribution in [2.45, 2.75) is 18.1 Å². The number of hydrogen-bond donors (Lipinski definition) is 5. The molecule has 2 atom stereocenters. The second-order valence-corrected chi connectivity index (χ2v) is 6.90. The number of phenolic OH excluding ortho intramolecular Hbond substituents is 4. The third kappa shape index (κ3) is 2.92. The van der Waals surface area contributed by atoms with Gasteiger partial charge in [-0.2, -0.15) is 0 Å². The van der Waals surface area contributed by atoms with Crippen LogP contribution in [0.5, 0.6) is 28.7 Å². The molecule has 0 saturated heterocycles. The van der Waals surface area contributed by atoms with Gasteiger partial charge in [-0.25, -0.2) is 0 Å². The molecular weight excluding hydrogens is 376 g/mol. The normalized spacial score (nSPS) is 20.5. The third-order valence-electron chi connectivity index (χ3n) is 5.09. The van der Waals surface area contributed by atoms with Crippen LogP contribution in [-0.2, 0) is 12.0 Å². The van der Waals surface area contributed by atoms with Crippen molar-refractivity contribution < 1.29 is 35.1 Å². The molecule has 0 bridgehead atoms. The van der Waals surface area contributed by atoms with E-state index in [0.29, 0.717) is 0 Å². The summed E-state index contributed by atoms with van der Waals surface area (Å²) in [5.41, 5.74) is -1.36. The smallest absolute Gasteiger partial charge is 0.222 e. The fourth-order valence-corrected chi connectivity index (χ4v) is 3.63. The molecule has 0 amide bonds. The first-order valence-corrected chi connectivity index (χ1v) is 8.87. The zero-order chi connectivity index (χ0) is 20.8. The summed E-state index contributed by atoms with van der Waals surface area (Å²) in [5, 5.41) is 50.7. The zero-order valence-electron chi connectivity index (χ0n) is 15.1. The summed E-state index contributed by atoms with van der Waals surface area (Å²) in [6.45, 7) is 0. The predicted molar refractivity (Wildman–Crippen MR) is 102 cm³/mol. The van der Waals surface area contributed by atoms with Crippen LogP contribution in [0.15, 0.2) is 60.7 Å². The Labute approximate surface area is 165 Å². The van der Waals surface area contributed by atoms with Crippen molar-refractivity contribution in [2.24, 2.45) is 0 Å². The van der Waals surface area contributed by atoms with Crippen molar-refractivity contribution in [2.75, 3.05) is 0 Å². The van der Waals surface area contributed by atoms with Crippen molar-refractivity contribution in [3.8, 4) is 28.7 Å². The van der Waals surface area contributed by atoms with Crippen LogP contribution >= 0.6 is 0 Å². The van der Waals surface area contributed by atoms with Gasteiger partial charge in [-0.1, -0.05) is 36.4 Å². The first-order valence-electron chi connectivity index (χ1n) is 8.87. The number of rotatable bonds is 3. The lowest BCUT2D eigenvalue weighted by molar-refractivity contribution is -0.0494. The third-order valence-corrected chi connectivity index (χ3v) is 5.09. The molecule has 0 radical (unpaired) electrons. The molecule has 5 N–H and O–H groups in total. The van der Waals surface area contributed by atoms with Gasteiger partial charge in [0, 0.05) is 35.2 Å². The van der Waals surface area contributed by atoms with E-state index >= 15 is 0 Å². The van der Waals surface area contributed by atoms with Crippen LogP contribution < -0.4 is 4.74 Å². The van der Waals surface area contributed by atoms with Gasteiger partial charge in [0.25, 0.3) is 0 Å². The van der Waals surface area contributed by atoms with Crippen molar-refractivity contribution >= 4 is 5.78 Å². The number of hydrogen-bond acceptors (Lipinski definition) is 7. The van der Waals surface area contributed by atoms with Crippen LogP contribution in [0.3, 0.4) is 0 Å². The lowest BCUT2D eigenvalue weighted by Crippen LogP contribution is -2.54. The molecule has 0 aromatic heterocycles. The highest BCUT2D eigenvalue weighted by molar-refractivity contribution is 6.04. The lowest BCUT2D eigenvalue weighted by Gasteiger charge is -2.41. The number of aliphatic hydroxyl groups is 1. The number of ether oxygens (including phenoxy) is 1. The minimum Gasteiger partial charge on any atom is -0.508 e. The molecule has 1 unspecified atom stereocenters. The number of carbonyl (C=O) groups is 1. The maximum Gasteiger partial charge on any atom is 0.222 e. The van der Waals surface area contributed by atoms with Gasteiger partial charge >= 0.3 is 0 Å². The summed E-state index contributed by atoms with van der Waals surface area (Å²) >= 11 is 0. The highest BCUT2D eigenvalue weighted by Gasteiger charge is 2.53. The first kappa shape index (κ1) is 18.6. The van der Waals surface area contributed by atoms with E-state index in [0.717, 1.165) is 12.1 Å². The molecule has 0 saturated carbocycles. The minimum absolute atomic E-state index is 0.0321. The van der Waals surface area contributed by atoms with Gasteiger partial charge in [-0.3, -0.25) is 4.79 Å². The van der Waals surface area contributed by atoms with Crippen LogP contribution in [0.2, 0.25) is 0 Å². The van der Waals surface area contributed by atoms with Gasteiger partial charge in [0.1, 0.15) is 23.4 Å². The van der Waals surface area contributed by atoms with Crippen LogP contribution in [0, 0.1) is 0 Å². The summed E-state index contributed by atoms with van der Waals surface area (Å²) < 4.78 is 5.98. The van der Waals surface area contributed by atoms with Gasteiger partial charge in [-0.05, 0) is 12.1 Å². The maximum atomic E-state index is 13.6. The Bertz CT molecular complexity index is 1090. The fraction of sp³-hybridized carbons (Fsp3) is 0.136. The van der Waals surface area contributed by atoms with Crippen molar-refractivity contribution in [3.63, 3.8) is 0 Å². The molecular formula is C22H18O7. The minimum atomic E-state index is -1.97. The SMILES string of the molecule is O=C(c1ccccc1)C1(c2ccc(O)c(O)c2)Oc2cc(O)cc(O)c2C[C@H]1O. The average molecular weight is 394 g/mol. The van der Waals surface area contributed by atoms with Crippen LogP contribution in [0.1, 0.15) is 21.5 Å². The molecule has 0 fully saturated rings. The number of phenols is 4. The summed E-state index contributed by atoms with van der Waals surface area (Å²) in [4.78, 5) is 13.6. The molecule has 29 heavy (non-hydrogen) atoms. The molecule has 148 valence electrons. The Morgan fingerprint density at radius 2 is 1.62 bits per heavy atom. The molecule has 1 aliphatic rings. The topological polar surface area (TPSA) is 127 Å². The molecule has 3 aromatic carbocycles. The molecule has 7 nitrogen and oxygen atoms in total. The van der Waals surface area contributed by atoms with Gasteiger partial charge in [0.05, 0.1) is 0 Å². The summed E-state index contributed by atoms with van der Waals surface area (Å²) in [5.74, 6) is -1.96. The number of benzene rings is 3. The Morgan fingerprint density at radius 1 is 0.897 bits per heavy atom. The van der Waals surface area contributed by atoms with Crippen LogP contribution in [0.4, 0.5) is 0 Å². The second kappa shape index (κ2) is 6.72. The molecule has 0 spiro atoms. The van der Waals surface area contributed by atoms with Crippen molar-refractivity contribution in [1.82, 2.24) is 0 Å². The number of aromatic hydroxyl groups is 4. The molecule has 4 rings (SSSR count). The Hall–Kier alpha value is -3.71. The highest BCUT2D eigenvalue weighted by Crippen LogP contribution is 2.47. The number of carbonyl (C=O) groups excluding carboxylic acids is 1. The predicted octanol–water partition coefficient (Wildman–Crippen LogP) is 2.58. The van der Waals surface area contributed by atoms with E-state index in [9.17, 15) is 30.3 Å². The molecule has 1 aliphatic heterocycles. The lowest BCUT2D eigenvalue weighted by atomic mass is 9.77. The molecule has 3 aromatic rings. The van der Waals surface area contributed by atoms with Gasteiger partial charge in [0.15, 0.2) is 11.5 Å². The molecule has 1 heterocycles. The first-order chi connectivity index (χ1) is 13.8. The summed E-state index contributed by atoms with van der Waals surface area (Å²) in [6.07, 6.45) is -1.57. The molecule has 7 heteroatoms.